The normalized spacial score (nSPS) is 14.7. The lowest BCUT2D eigenvalue weighted by Gasteiger charge is -2.31. The van der Waals surface area contributed by atoms with Crippen molar-refractivity contribution in [1.82, 2.24) is 14.5 Å². The molecule has 4 rings (SSSR count). The third-order valence-electron chi connectivity index (χ3n) is 6.76. The van der Waals surface area contributed by atoms with Crippen LogP contribution in [0.1, 0.15) is 42.0 Å². The lowest BCUT2D eigenvalue weighted by molar-refractivity contribution is -0.141. The van der Waals surface area contributed by atoms with Crippen LogP contribution in [0.15, 0.2) is 83.8 Å². The molecule has 7 nitrogen and oxygen atoms in total. The standard InChI is InChI=1S/C29H32ClN3O4S/c1-31-29(35)28(24-7-3-2-4-8-24)33(21-23-9-14-25(30)15-10-23)27(34)18-13-22-11-16-26(17-12-22)38(36,37)32-19-5-6-20-32/h2-4,7-12,14-17,28H,5-6,13,18-21H2,1H3,(H,31,35). The van der Waals surface area contributed by atoms with Crippen molar-refractivity contribution in [2.45, 2.75) is 43.2 Å². The number of likely N-dealkylation sites (N-methyl/N-ethyl adjacent to an activating group) is 1. The minimum atomic E-state index is -3.49. The summed E-state index contributed by atoms with van der Waals surface area (Å²) >= 11 is 6.05. The second-order valence-corrected chi connectivity index (χ2v) is 11.7. The zero-order valence-corrected chi connectivity index (χ0v) is 22.9. The van der Waals surface area contributed by atoms with Crippen molar-refractivity contribution in [2.24, 2.45) is 0 Å². The number of nitrogens with zero attached hydrogens (tertiary/aromatic N) is 2. The maximum absolute atomic E-state index is 13.6. The fraction of sp³-hybridized carbons (Fsp3) is 0.310. The van der Waals surface area contributed by atoms with E-state index in [1.807, 2.05) is 42.5 Å². The number of carbonyl (C=O) groups excluding carboxylic acids is 2. The van der Waals surface area contributed by atoms with Gasteiger partial charge in [0.05, 0.1) is 4.90 Å². The van der Waals surface area contributed by atoms with Crippen LogP contribution in [0.5, 0.6) is 0 Å². The number of amides is 2. The van der Waals surface area contributed by atoms with E-state index in [9.17, 15) is 18.0 Å². The van der Waals surface area contributed by atoms with Crippen molar-refractivity contribution in [1.29, 1.82) is 0 Å². The van der Waals surface area contributed by atoms with E-state index in [-0.39, 0.29) is 29.7 Å². The first-order valence-electron chi connectivity index (χ1n) is 12.7. The zero-order chi connectivity index (χ0) is 27.1. The lowest BCUT2D eigenvalue weighted by atomic mass is 10.0. The summed E-state index contributed by atoms with van der Waals surface area (Å²) in [4.78, 5) is 28.5. The van der Waals surface area contributed by atoms with Gasteiger partial charge >= 0.3 is 0 Å². The number of halogens is 1. The Bertz CT molecular complexity index is 1340. The van der Waals surface area contributed by atoms with Gasteiger partial charge in [-0.1, -0.05) is 66.2 Å². The van der Waals surface area contributed by atoms with Crippen LogP contribution in [-0.2, 0) is 32.6 Å². The molecule has 3 aromatic rings. The summed E-state index contributed by atoms with van der Waals surface area (Å²) in [5.74, 6) is -0.471. The molecule has 38 heavy (non-hydrogen) atoms. The van der Waals surface area contributed by atoms with Crippen molar-refractivity contribution in [2.75, 3.05) is 20.1 Å². The van der Waals surface area contributed by atoms with E-state index < -0.39 is 16.1 Å². The molecule has 200 valence electrons. The number of rotatable bonds is 10. The summed E-state index contributed by atoms with van der Waals surface area (Å²) in [6, 6.07) is 22.3. The van der Waals surface area contributed by atoms with Gasteiger partial charge in [-0.25, -0.2) is 8.42 Å². The van der Waals surface area contributed by atoms with Gasteiger partial charge in [-0.3, -0.25) is 9.59 Å². The van der Waals surface area contributed by atoms with Crippen LogP contribution >= 0.6 is 11.6 Å². The van der Waals surface area contributed by atoms with Gasteiger partial charge < -0.3 is 10.2 Å². The molecule has 9 heteroatoms. The van der Waals surface area contributed by atoms with E-state index in [0.717, 1.165) is 24.0 Å². The van der Waals surface area contributed by atoms with Gasteiger partial charge in [0.2, 0.25) is 21.8 Å². The van der Waals surface area contributed by atoms with Gasteiger partial charge in [-0.05, 0) is 60.2 Å². The van der Waals surface area contributed by atoms with Crippen molar-refractivity contribution in [3.8, 4) is 0 Å². The molecule has 1 aliphatic rings. The highest BCUT2D eigenvalue weighted by atomic mass is 35.5. The number of carbonyl (C=O) groups is 2. The largest absolute Gasteiger partial charge is 0.357 e. The van der Waals surface area contributed by atoms with Gasteiger partial charge in [0.25, 0.3) is 0 Å². The van der Waals surface area contributed by atoms with E-state index in [1.165, 1.54) is 4.31 Å². The van der Waals surface area contributed by atoms with Crippen LogP contribution in [0, 0.1) is 0 Å². The van der Waals surface area contributed by atoms with Crippen LogP contribution in [0.4, 0.5) is 0 Å². The van der Waals surface area contributed by atoms with E-state index in [2.05, 4.69) is 5.32 Å². The van der Waals surface area contributed by atoms with Crippen LogP contribution in [0.2, 0.25) is 5.02 Å². The average Bonchev–Trinajstić information content (AvgIpc) is 3.49. The molecule has 0 aliphatic carbocycles. The summed E-state index contributed by atoms with van der Waals surface area (Å²) in [6.07, 6.45) is 2.33. The highest BCUT2D eigenvalue weighted by Gasteiger charge is 2.31. The summed E-state index contributed by atoms with van der Waals surface area (Å²) in [5.41, 5.74) is 2.41. The number of hydrogen-bond donors (Lipinski definition) is 1. The van der Waals surface area contributed by atoms with E-state index in [4.69, 9.17) is 11.6 Å². The lowest BCUT2D eigenvalue weighted by Crippen LogP contribution is -2.42. The predicted molar refractivity (Wildman–Crippen MR) is 148 cm³/mol. The molecular weight excluding hydrogens is 522 g/mol. The van der Waals surface area contributed by atoms with Gasteiger partial charge in [-0.2, -0.15) is 4.31 Å². The van der Waals surface area contributed by atoms with Gasteiger partial charge in [-0.15, -0.1) is 0 Å². The van der Waals surface area contributed by atoms with Crippen molar-refractivity contribution in [3.05, 3.63) is 101 Å². The van der Waals surface area contributed by atoms with E-state index in [1.54, 1.807) is 48.3 Å². The molecule has 3 aromatic carbocycles. The third kappa shape index (κ3) is 6.62. The number of sulfonamides is 1. The van der Waals surface area contributed by atoms with Gasteiger partial charge in [0.1, 0.15) is 6.04 Å². The van der Waals surface area contributed by atoms with Crippen LogP contribution < -0.4 is 5.32 Å². The van der Waals surface area contributed by atoms with E-state index >= 15 is 0 Å². The molecule has 1 aliphatic heterocycles. The molecule has 1 saturated heterocycles. The monoisotopic (exact) mass is 553 g/mol. The molecule has 1 atom stereocenters. The fourth-order valence-corrected chi connectivity index (χ4v) is 6.30. The SMILES string of the molecule is CNC(=O)C(c1ccccc1)N(Cc1ccc(Cl)cc1)C(=O)CCc1ccc(S(=O)(=O)N2CCCC2)cc1. The molecule has 0 spiro atoms. The predicted octanol–water partition coefficient (Wildman–Crippen LogP) is 4.57. The molecule has 1 unspecified atom stereocenters. The molecule has 1 N–H and O–H groups in total. The molecule has 0 aromatic heterocycles. The summed E-state index contributed by atoms with van der Waals surface area (Å²) in [5, 5.41) is 3.29. The van der Waals surface area contributed by atoms with Crippen LogP contribution in [0.3, 0.4) is 0 Å². The fourth-order valence-electron chi connectivity index (χ4n) is 4.66. The highest BCUT2D eigenvalue weighted by Crippen LogP contribution is 2.26. The summed E-state index contributed by atoms with van der Waals surface area (Å²) < 4.78 is 27.2. The molecule has 0 bridgehead atoms. The first-order valence-corrected chi connectivity index (χ1v) is 14.5. The first-order chi connectivity index (χ1) is 18.3. The Morgan fingerprint density at radius 1 is 0.921 bits per heavy atom. The molecule has 0 saturated carbocycles. The van der Waals surface area contributed by atoms with Crippen LogP contribution in [0.25, 0.3) is 0 Å². The minimum absolute atomic E-state index is 0.159. The zero-order valence-electron chi connectivity index (χ0n) is 21.3. The Morgan fingerprint density at radius 2 is 1.53 bits per heavy atom. The Kier molecular flexibility index (Phi) is 9.20. The van der Waals surface area contributed by atoms with E-state index in [0.29, 0.717) is 30.1 Å². The number of nitrogens with one attached hydrogen (secondary N) is 1. The second kappa shape index (κ2) is 12.6. The second-order valence-electron chi connectivity index (χ2n) is 9.33. The quantitative estimate of drug-likeness (QED) is 0.398. The molecule has 1 fully saturated rings. The molecule has 0 radical (unpaired) electrons. The minimum Gasteiger partial charge on any atom is -0.357 e. The number of aryl methyl sites for hydroxylation is 1. The highest BCUT2D eigenvalue weighted by molar-refractivity contribution is 7.89. The smallest absolute Gasteiger partial charge is 0.247 e. The Hall–Kier alpha value is -3.20. The Balaban J connectivity index is 1.54. The molecular formula is C29H32ClN3O4S. The summed E-state index contributed by atoms with van der Waals surface area (Å²) in [7, 11) is -1.93. The Labute approximate surface area is 229 Å². The Morgan fingerprint density at radius 3 is 2.13 bits per heavy atom. The molecule has 2 amide bonds. The van der Waals surface area contributed by atoms with Crippen molar-refractivity contribution < 1.29 is 18.0 Å². The van der Waals surface area contributed by atoms with Gasteiger partial charge in [0.15, 0.2) is 0 Å². The topological polar surface area (TPSA) is 86.8 Å². The number of benzene rings is 3. The van der Waals surface area contributed by atoms with Crippen molar-refractivity contribution >= 4 is 33.4 Å². The third-order valence-corrected chi connectivity index (χ3v) is 8.93. The maximum atomic E-state index is 13.6. The molecule has 1 heterocycles. The first kappa shape index (κ1) is 27.8. The van der Waals surface area contributed by atoms with Gasteiger partial charge in [0, 0.05) is 38.1 Å². The summed E-state index contributed by atoms with van der Waals surface area (Å²) in [6.45, 7) is 1.34. The number of hydrogen-bond acceptors (Lipinski definition) is 4. The van der Waals surface area contributed by atoms with Crippen molar-refractivity contribution in [3.63, 3.8) is 0 Å². The maximum Gasteiger partial charge on any atom is 0.247 e. The van der Waals surface area contributed by atoms with Crippen LogP contribution in [-0.4, -0.2) is 49.6 Å². The average molecular weight is 554 g/mol.